The number of aromatic nitrogens is 1. The SMILES string of the molecule is CC(C)(C)OC(=O)N1CCCC1.CNc1cc(NCc2ccccc2OC(F)(F)F)c([N+](=O)[O-])cn1. The number of benzene rings is 1. The summed E-state index contributed by atoms with van der Waals surface area (Å²) in [4.78, 5) is 27.4. The van der Waals surface area contributed by atoms with Crippen LogP contribution in [0.3, 0.4) is 0 Å². The van der Waals surface area contributed by atoms with Crippen LogP contribution in [-0.4, -0.2) is 53.0 Å². The molecule has 1 aliphatic heterocycles. The van der Waals surface area contributed by atoms with Gasteiger partial charge in [-0.15, -0.1) is 13.2 Å². The smallest absolute Gasteiger partial charge is 0.444 e. The predicted molar refractivity (Wildman–Crippen MR) is 128 cm³/mol. The molecule has 0 spiro atoms. The summed E-state index contributed by atoms with van der Waals surface area (Å²) in [5.41, 5.74) is -0.323. The molecule has 0 unspecified atom stereocenters. The summed E-state index contributed by atoms with van der Waals surface area (Å²) in [7, 11) is 1.59. The van der Waals surface area contributed by atoms with Crippen molar-refractivity contribution in [3.8, 4) is 5.75 Å². The topological polar surface area (TPSA) is 119 Å². The summed E-state index contributed by atoms with van der Waals surface area (Å²) >= 11 is 0. The predicted octanol–water partition coefficient (Wildman–Crippen LogP) is 5.56. The third-order valence-corrected chi connectivity index (χ3v) is 4.76. The van der Waals surface area contributed by atoms with Crippen LogP contribution in [0.1, 0.15) is 39.2 Å². The van der Waals surface area contributed by atoms with Crippen molar-refractivity contribution < 1.29 is 32.4 Å². The number of anilines is 2. The Morgan fingerprint density at radius 2 is 1.83 bits per heavy atom. The van der Waals surface area contributed by atoms with Crippen LogP contribution in [0.25, 0.3) is 0 Å². The van der Waals surface area contributed by atoms with E-state index in [0.29, 0.717) is 5.82 Å². The minimum Gasteiger partial charge on any atom is -0.444 e. The lowest BCUT2D eigenvalue weighted by atomic mass is 10.2. The zero-order valence-electron chi connectivity index (χ0n) is 20.5. The molecule has 36 heavy (non-hydrogen) atoms. The molecule has 3 rings (SSSR count). The molecule has 0 aliphatic carbocycles. The maximum Gasteiger partial charge on any atom is 0.573 e. The molecule has 2 heterocycles. The number of ether oxygens (including phenoxy) is 2. The number of likely N-dealkylation sites (tertiary alicyclic amines) is 1. The molecule has 10 nitrogen and oxygen atoms in total. The molecule has 1 aliphatic rings. The Morgan fingerprint density at radius 3 is 2.39 bits per heavy atom. The van der Waals surface area contributed by atoms with Crippen LogP contribution >= 0.6 is 0 Å². The van der Waals surface area contributed by atoms with Gasteiger partial charge in [0.05, 0.1) is 4.92 Å². The first-order chi connectivity index (χ1) is 16.8. The minimum atomic E-state index is -4.82. The number of carbonyl (C=O) groups excluding carboxylic acids is 1. The van der Waals surface area contributed by atoms with Gasteiger partial charge in [0.25, 0.3) is 0 Å². The second-order valence-electron chi connectivity index (χ2n) is 8.78. The van der Waals surface area contributed by atoms with E-state index >= 15 is 0 Å². The lowest BCUT2D eigenvalue weighted by Gasteiger charge is -2.23. The highest BCUT2D eigenvalue weighted by Crippen LogP contribution is 2.29. The molecule has 0 bridgehead atoms. The maximum absolute atomic E-state index is 12.4. The monoisotopic (exact) mass is 513 g/mol. The number of nitrogens with one attached hydrogen (secondary N) is 2. The van der Waals surface area contributed by atoms with E-state index in [9.17, 15) is 28.1 Å². The summed E-state index contributed by atoms with van der Waals surface area (Å²) in [6.45, 7) is 7.28. The van der Waals surface area contributed by atoms with Gasteiger partial charge in [-0.05, 0) is 39.7 Å². The summed E-state index contributed by atoms with van der Waals surface area (Å²) in [5.74, 6) is 0.00553. The number of rotatable bonds is 6. The number of carbonyl (C=O) groups is 1. The number of hydrogen-bond donors (Lipinski definition) is 2. The van der Waals surface area contributed by atoms with Crippen molar-refractivity contribution in [2.45, 2.75) is 52.1 Å². The second kappa shape index (κ2) is 12.3. The van der Waals surface area contributed by atoms with E-state index in [-0.39, 0.29) is 40.9 Å². The minimum absolute atomic E-state index is 0.0970. The molecule has 13 heteroatoms. The largest absolute Gasteiger partial charge is 0.573 e. The third-order valence-electron chi connectivity index (χ3n) is 4.76. The molecule has 2 N–H and O–H groups in total. The molecule has 1 saturated heterocycles. The highest BCUT2D eigenvalue weighted by molar-refractivity contribution is 5.68. The number of amides is 1. The van der Waals surface area contributed by atoms with Crippen LogP contribution < -0.4 is 15.4 Å². The first-order valence-corrected chi connectivity index (χ1v) is 11.2. The van der Waals surface area contributed by atoms with Gasteiger partial charge in [0, 0.05) is 38.3 Å². The van der Waals surface area contributed by atoms with E-state index in [1.165, 1.54) is 24.3 Å². The number of halogens is 3. The Bertz CT molecular complexity index is 1040. The Balaban J connectivity index is 0.000000319. The maximum atomic E-state index is 12.4. The third kappa shape index (κ3) is 9.47. The van der Waals surface area contributed by atoms with Crippen molar-refractivity contribution in [3.05, 3.63) is 52.2 Å². The molecule has 0 radical (unpaired) electrons. The highest BCUT2D eigenvalue weighted by Gasteiger charge is 2.32. The van der Waals surface area contributed by atoms with Gasteiger partial charge in [0.2, 0.25) is 0 Å². The fourth-order valence-electron chi connectivity index (χ4n) is 3.16. The van der Waals surface area contributed by atoms with Crippen LogP contribution in [0.4, 0.5) is 35.2 Å². The zero-order valence-corrected chi connectivity index (χ0v) is 20.5. The molecule has 1 aromatic heterocycles. The van der Waals surface area contributed by atoms with Crippen molar-refractivity contribution >= 4 is 23.3 Å². The lowest BCUT2D eigenvalue weighted by molar-refractivity contribution is -0.384. The quantitative estimate of drug-likeness (QED) is 0.381. The summed E-state index contributed by atoms with van der Waals surface area (Å²) in [6, 6.07) is 6.94. The van der Waals surface area contributed by atoms with E-state index in [0.717, 1.165) is 32.1 Å². The van der Waals surface area contributed by atoms with E-state index in [1.54, 1.807) is 18.0 Å². The van der Waals surface area contributed by atoms with E-state index < -0.39 is 11.3 Å². The molecule has 2 aromatic rings. The fraction of sp³-hybridized carbons (Fsp3) is 0.478. The average molecular weight is 514 g/mol. The van der Waals surface area contributed by atoms with Crippen molar-refractivity contribution in [3.63, 3.8) is 0 Å². The molecular weight excluding hydrogens is 483 g/mol. The Labute approximate surface area is 206 Å². The molecule has 0 atom stereocenters. The van der Waals surface area contributed by atoms with Gasteiger partial charge in [-0.3, -0.25) is 10.1 Å². The van der Waals surface area contributed by atoms with Crippen LogP contribution in [-0.2, 0) is 11.3 Å². The van der Waals surface area contributed by atoms with Gasteiger partial charge in [0.1, 0.15) is 29.1 Å². The standard InChI is InChI=1S/C14H13F3N4O3.C9H17NO2/c1-18-13-6-10(11(8-20-13)21(22)23)19-7-9-4-2-3-5-12(9)24-14(15,16)17;1-9(2,3)12-8(11)10-6-4-5-7-10/h2-6,8H,7H2,1H3,(H2,18,19,20);4-7H2,1-3H3. The molecule has 0 saturated carbocycles. The van der Waals surface area contributed by atoms with Gasteiger partial charge >= 0.3 is 18.1 Å². The van der Waals surface area contributed by atoms with Crippen LogP contribution in [0.2, 0.25) is 0 Å². The molecular formula is C23H30F3N5O5. The summed E-state index contributed by atoms with van der Waals surface area (Å²) in [5, 5.41) is 16.5. The van der Waals surface area contributed by atoms with Crippen LogP contribution in [0.5, 0.6) is 5.75 Å². The second-order valence-corrected chi connectivity index (χ2v) is 8.78. The normalized spacial score (nSPS) is 13.4. The van der Waals surface area contributed by atoms with Gasteiger partial charge in [-0.1, -0.05) is 18.2 Å². The van der Waals surface area contributed by atoms with E-state index in [4.69, 9.17) is 4.74 Å². The highest BCUT2D eigenvalue weighted by atomic mass is 19.4. The van der Waals surface area contributed by atoms with Gasteiger partial charge in [-0.2, -0.15) is 0 Å². The number of pyridine rings is 1. The van der Waals surface area contributed by atoms with Crippen LogP contribution in [0.15, 0.2) is 36.5 Å². The van der Waals surface area contributed by atoms with E-state index in [2.05, 4.69) is 20.4 Å². The fourth-order valence-corrected chi connectivity index (χ4v) is 3.16. The molecule has 1 amide bonds. The van der Waals surface area contributed by atoms with Gasteiger partial charge in [-0.25, -0.2) is 9.78 Å². The van der Waals surface area contributed by atoms with Gasteiger partial charge in [0.15, 0.2) is 0 Å². The number of nitro groups is 1. The molecule has 1 fully saturated rings. The molecule has 1 aromatic carbocycles. The average Bonchev–Trinajstić information content (AvgIpc) is 3.32. The first-order valence-electron chi connectivity index (χ1n) is 11.2. The lowest BCUT2D eigenvalue weighted by Crippen LogP contribution is -2.34. The number of alkyl halides is 3. The van der Waals surface area contributed by atoms with Crippen molar-refractivity contribution in [1.29, 1.82) is 0 Å². The Morgan fingerprint density at radius 1 is 1.19 bits per heavy atom. The van der Waals surface area contributed by atoms with Crippen molar-refractivity contribution in [2.24, 2.45) is 0 Å². The summed E-state index contributed by atoms with van der Waals surface area (Å²) in [6.07, 6.45) is -1.71. The first kappa shape index (κ1) is 28.5. The van der Waals surface area contributed by atoms with Crippen molar-refractivity contribution in [2.75, 3.05) is 30.8 Å². The Hall–Kier alpha value is -3.77. The van der Waals surface area contributed by atoms with Crippen molar-refractivity contribution in [1.82, 2.24) is 9.88 Å². The number of hydrogen-bond acceptors (Lipinski definition) is 8. The van der Waals surface area contributed by atoms with E-state index in [1.807, 2.05) is 20.8 Å². The number of para-hydroxylation sites is 1. The Kier molecular flexibility index (Phi) is 9.70. The summed E-state index contributed by atoms with van der Waals surface area (Å²) < 4.78 is 46.4. The molecule has 198 valence electrons. The van der Waals surface area contributed by atoms with Crippen LogP contribution in [0, 0.1) is 10.1 Å². The number of nitrogens with zero attached hydrogens (tertiary/aromatic N) is 3. The van der Waals surface area contributed by atoms with Gasteiger partial charge < -0.3 is 25.0 Å². The zero-order chi connectivity index (χ0) is 26.9.